The molecule has 0 unspecified atom stereocenters. The van der Waals surface area contributed by atoms with Gasteiger partial charge in [0.05, 0.1) is 6.54 Å². The first kappa shape index (κ1) is 38.6. The molecule has 0 saturated carbocycles. The van der Waals surface area contributed by atoms with Crippen LogP contribution in [0.1, 0.15) is 194 Å². The predicted octanol–water partition coefficient (Wildman–Crippen LogP) is 10.4. The van der Waals surface area contributed by atoms with Crippen LogP contribution in [0.15, 0.2) is 0 Å². The summed E-state index contributed by atoms with van der Waals surface area (Å²) in [5.74, 6) is -1.25. The highest BCUT2D eigenvalue weighted by molar-refractivity contribution is 5.88. The Morgan fingerprint density at radius 2 is 0.725 bits per heavy atom. The minimum Gasteiger partial charge on any atom is -0.480 e. The molecule has 0 aromatic rings. The lowest BCUT2D eigenvalue weighted by Crippen LogP contribution is -2.39. The predicted molar refractivity (Wildman–Crippen MR) is 170 cm³/mol. The van der Waals surface area contributed by atoms with E-state index < -0.39 is 5.97 Å². The zero-order valence-corrected chi connectivity index (χ0v) is 26.8. The van der Waals surface area contributed by atoms with Gasteiger partial charge in [0.25, 0.3) is 0 Å². The molecule has 0 rings (SSSR count). The Labute approximate surface area is 248 Å². The van der Waals surface area contributed by atoms with Crippen molar-refractivity contribution in [3.8, 4) is 0 Å². The smallest absolute Gasteiger partial charge is 0.323 e. The van der Waals surface area contributed by atoms with Gasteiger partial charge in [0.1, 0.15) is 6.54 Å². The molecule has 40 heavy (non-hydrogen) atoms. The second-order valence-electron chi connectivity index (χ2n) is 12.2. The van der Waals surface area contributed by atoms with Gasteiger partial charge in [-0.15, -0.1) is 0 Å². The van der Waals surface area contributed by atoms with Crippen molar-refractivity contribution in [1.29, 1.82) is 0 Å². The van der Waals surface area contributed by atoms with E-state index in [9.17, 15) is 19.5 Å². The van der Waals surface area contributed by atoms with E-state index in [1.807, 2.05) is 0 Å². The summed E-state index contributed by atoms with van der Waals surface area (Å²) in [6.07, 6.45) is 33.4. The van der Waals surface area contributed by atoms with Crippen LogP contribution in [-0.4, -0.2) is 40.8 Å². The average molecular weight is 566 g/mol. The first-order valence-corrected chi connectivity index (χ1v) is 17.5. The Morgan fingerprint density at radius 1 is 0.425 bits per heavy atom. The highest BCUT2D eigenvalue weighted by Gasteiger charge is 2.19. The fourth-order valence-corrected chi connectivity index (χ4v) is 5.48. The van der Waals surface area contributed by atoms with Crippen molar-refractivity contribution in [2.24, 2.45) is 0 Å². The van der Waals surface area contributed by atoms with Gasteiger partial charge in [-0.2, -0.15) is 0 Å². The molecular weight excluding hydrogens is 498 g/mol. The number of Topliss-reactive ketones (excluding diaryl/α,β-unsaturated/α-hetero) is 1. The second-order valence-corrected chi connectivity index (χ2v) is 12.2. The molecule has 0 aliphatic rings. The van der Waals surface area contributed by atoms with E-state index in [0.717, 1.165) is 38.5 Å². The highest BCUT2D eigenvalue weighted by Crippen LogP contribution is 2.15. The number of hydrogen-bond donors (Lipinski definition) is 1. The molecule has 5 heteroatoms. The number of carbonyl (C=O) groups excluding carboxylic acids is 2. The summed E-state index contributed by atoms with van der Waals surface area (Å²) in [4.78, 5) is 37.6. The topological polar surface area (TPSA) is 74.7 Å². The van der Waals surface area contributed by atoms with Gasteiger partial charge in [-0.1, -0.05) is 168 Å². The number of nitrogens with zero attached hydrogens (tertiary/aromatic N) is 1. The Hall–Kier alpha value is -1.39. The largest absolute Gasteiger partial charge is 0.480 e. The third-order valence-electron chi connectivity index (χ3n) is 8.10. The Morgan fingerprint density at radius 3 is 1.05 bits per heavy atom. The summed E-state index contributed by atoms with van der Waals surface area (Å²) in [6, 6.07) is 0. The first-order valence-electron chi connectivity index (χ1n) is 17.5. The zero-order chi connectivity index (χ0) is 29.5. The van der Waals surface area contributed by atoms with E-state index in [2.05, 4.69) is 13.8 Å². The van der Waals surface area contributed by atoms with Crippen LogP contribution in [0.25, 0.3) is 0 Å². The van der Waals surface area contributed by atoms with Crippen molar-refractivity contribution < 1.29 is 19.5 Å². The fourth-order valence-electron chi connectivity index (χ4n) is 5.48. The van der Waals surface area contributed by atoms with E-state index in [1.54, 1.807) is 0 Å². The molecule has 0 fully saturated rings. The van der Waals surface area contributed by atoms with E-state index in [4.69, 9.17) is 0 Å². The SMILES string of the molecule is CCCCCCCCCCCCCCCC(=O)CN(CC(=O)O)C(=O)CCCCCCCCCCCCCCC. The van der Waals surface area contributed by atoms with Gasteiger partial charge in [0.15, 0.2) is 5.78 Å². The van der Waals surface area contributed by atoms with Crippen molar-refractivity contribution in [3.63, 3.8) is 0 Å². The average Bonchev–Trinajstić information content (AvgIpc) is 2.93. The number of carboxylic acids is 1. The van der Waals surface area contributed by atoms with Crippen LogP contribution in [0.2, 0.25) is 0 Å². The number of amides is 1. The summed E-state index contributed by atoms with van der Waals surface area (Å²) in [5, 5.41) is 9.22. The van der Waals surface area contributed by atoms with Gasteiger partial charge < -0.3 is 10.0 Å². The quantitative estimate of drug-likeness (QED) is 0.0823. The number of carboxylic acid groups (broad SMARTS) is 1. The maximum absolute atomic E-state index is 12.6. The summed E-state index contributed by atoms with van der Waals surface area (Å²) in [7, 11) is 0. The second kappa shape index (κ2) is 30.6. The molecule has 0 saturated heterocycles. The van der Waals surface area contributed by atoms with Crippen LogP contribution >= 0.6 is 0 Å². The van der Waals surface area contributed by atoms with Crippen molar-refractivity contribution >= 4 is 17.7 Å². The van der Waals surface area contributed by atoms with Crippen LogP contribution in [0, 0.1) is 0 Å². The standard InChI is InChI=1S/C35H67NO4/c1-3-5-7-9-11-13-15-17-19-21-23-25-27-29-33(37)31-36(32-35(39)40)34(38)30-28-26-24-22-20-18-16-14-12-10-8-6-4-2/h3-32H2,1-2H3,(H,39,40). The Bertz CT molecular complexity index is 592. The van der Waals surface area contributed by atoms with Crippen molar-refractivity contribution in [2.45, 2.75) is 194 Å². The normalized spacial score (nSPS) is 11.2. The number of rotatable bonds is 32. The number of aliphatic carboxylic acids is 1. The lowest BCUT2D eigenvalue weighted by Gasteiger charge is -2.20. The summed E-state index contributed by atoms with van der Waals surface area (Å²) in [6.45, 7) is 4.08. The monoisotopic (exact) mass is 566 g/mol. The molecule has 0 aliphatic carbocycles. The molecule has 1 N–H and O–H groups in total. The van der Waals surface area contributed by atoms with Gasteiger partial charge in [0, 0.05) is 12.8 Å². The number of hydrogen-bond acceptors (Lipinski definition) is 3. The summed E-state index contributed by atoms with van der Waals surface area (Å²) < 4.78 is 0. The van der Waals surface area contributed by atoms with Crippen LogP contribution in [0.3, 0.4) is 0 Å². The molecule has 0 bridgehead atoms. The number of ketones is 1. The Balaban J connectivity index is 3.79. The molecule has 0 radical (unpaired) electrons. The van der Waals surface area contributed by atoms with Crippen LogP contribution in [-0.2, 0) is 14.4 Å². The molecule has 5 nitrogen and oxygen atoms in total. The van der Waals surface area contributed by atoms with E-state index >= 15 is 0 Å². The van der Waals surface area contributed by atoms with E-state index in [-0.39, 0.29) is 24.8 Å². The molecule has 0 atom stereocenters. The first-order chi connectivity index (χ1) is 19.5. The Kier molecular flexibility index (Phi) is 29.5. The van der Waals surface area contributed by atoms with E-state index in [1.165, 1.54) is 133 Å². The molecular formula is C35H67NO4. The molecule has 1 amide bonds. The summed E-state index contributed by atoms with van der Waals surface area (Å²) >= 11 is 0. The lowest BCUT2D eigenvalue weighted by atomic mass is 10.0. The maximum atomic E-state index is 12.6. The minimum absolute atomic E-state index is 0.0111. The van der Waals surface area contributed by atoms with Crippen molar-refractivity contribution in [1.82, 2.24) is 4.90 Å². The summed E-state index contributed by atoms with van der Waals surface area (Å²) in [5.41, 5.74) is 0. The van der Waals surface area contributed by atoms with Crippen molar-refractivity contribution in [2.75, 3.05) is 13.1 Å². The van der Waals surface area contributed by atoms with Crippen LogP contribution in [0.4, 0.5) is 0 Å². The number of carbonyl (C=O) groups is 3. The van der Waals surface area contributed by atoms with E-state index in [0.29, 0.717) is 12.8 Å². The van der Waals surface area contributed by atoms with Gasteiger partial charge >= 0.3 is 5.97 Å². The number of unbranched alkanes of at least 4 members (excludes halogenated alkanes) is 24. The molecule has 0 spiro atoms. The van der Waals surface area contributed by atoms with Crippen LogP contribution < -0.4 is 0 Å². The third kappa shape index (κ3) is 28.1. The van der Waals surface area contributed by atoms with Gasteiger partial charge in [0.2, 0.25) is 5.91 Å². The minimum atomic E-state index is -1.05. The molecule has 0 aromatic heterocycles. The van der Waals surface area contributed by atoms with Gasteiger partial charge in [-0.05, 0) is 12.8 Å². The molecule has 236 valence electrons. The molecule has 0 aromatic carbocycles. The zero-order valence-electron chi connectivity index (χ0n) is 26.8. The third-order valence-corrected chi connectivity index (χ3v) is 8.10. The van der Waals surface area contributed by atoms with Gasteiger partial charge in [-0.25, -0.2) is 0 Å². The molecule has 0 heterocycles. The van der Waals surface area contributed by atoms with Crippen molar-refractivity contribution in [3.05, 3.63) is 0 Å². The molecule has 0 aliphatic heterocycles. The fraction of sp³-hybridized carbons (Fsp3) is 0.914. The maximum Gasteiger partial charge on any atom is 0.323 e. The van der Waals surface area contributed by atoms with Gasteiger partial charge in [-0.3, -0.25) is 14.4 Å². The lowest BCUT2D eigenvalue weighted by molar-refractivity contribution is -0.145. The highest BCUT2D eigenvalue weighted by atomic mass is 16.4. The van der Waals surface area contributed by atoms with Crippen LogP contribution in [0.5, 0.6) is 0 Å².